The highest BCUT2D eigenvalue weighted by atomic mass is 16.2. The molecule has 27 heavy (non-hydrogen) atoms. The van der Waals surface area contributed by atoms with Crippen LogP contribution in [0.3, 0.4) is 0 Å². The molecule has 2 saturated heterocycles. The Bertz CT molecular complexity index is 544. The molecule has 2 aliphatic rings. The fraction of sp³-hybridized carbons (Fsp3) is 0.864. The Morgan fingerprint density at radius 1 is 0.926 bits per heavy atom. The molecule has 0 spiro atoms. The van der Waals surface area contributed by atoms with Crippen LogP contribution in [0.15, 0.2) is 0 Å². The molecular formula is C22H38N2O3. The van der Waals surface area contributed by atoms with E-state index in [0.29, 0.717) is 19.4 Å². The number of unbranched alkanes of at least 4 members (excludes halogenated alkanes) is 2. The molecular weight excluding hydrogens is 340 g/mol. The third kappa shape index (κ3) is 5.55. The standard InChI is InChI=1S/C22H38N2O3/c1-5-6-7-12-20(26)24-16-9-11-19(24)22(3,4)14-13-21(27)23-15-8-10-18(23)17(2)25/h18-19H,5-16H2,1-4H3/t18-,19?/m0/s1. The van der Waals surface area contributed by atoms with Gasteiger partial charge in [0.1, 0.15) is 0 Å². The number of carbonyl (C=O) groups is 3. The molecule has 0 saturated carbocycles. The number of hydrogen-bond donors (Lipinski definition) is 0. The smallest absolute Gasteiger partial charge is 0.223 e. The van der Waals surface area contributed by atoms with Gasteiger partial charge >= 0.3 is 0 Å². The van der Waals surface area contributed by atoms with E-state index >= 15 is 0 Å². The van der Waals surface area contributed by atoms with E-state index in [2.05, 4.69) is 25.7 Å². The lowest BCUT2D eigenvalue weighted by molar-refractivity contribution is -0.138. The summed E-state index contributed by atoms with van der Waals surface area (Å²) < 4.78 is 0. The second-order valence-electron chi connectivity index (χ2n) is 9.05. The van der Waals surface area contributed by atoms with Gasteiger partial charge in [-0.25, -0.2) is 0 Å². The summed E-state index contributed by atoms with van der Waals surface area (Å²) in [6, 6.07) is 0.00495. The van der Waals surface area contributed by atoms with E-state index in [9.17, 15) is 14.4 Å². The molecule has 0 radical (unpaired) electrons. The van der Waals surface area contributed by atoms with Crippen LogP contribution >= 0.6 is 0 Å². The summed E-state index contributed by atoms with van der Waals surface area (Å²) in [5.74, 6) is 0.473. The van der Waals surface area contributed by atoms with Crippen molar-refractivity contribution in [3.05, 3.63) is 0 Å². The van der Waals surface area contributed by atoms with Gasteiger partial charge in [-0.15, -0.1) is 0 Å². The molecule has 5 nitrogen and oxygen atoms in total. The number of nitrogens with zero attached hydrogens (tertiary/aromatic N) is 2. The van der Waals surface area contributed by atoms with Crippen LogP contribution < -0.4 is 0 Å². The molecule has 2 atom stereocenters. The molecule has 2 aliphatic heterocycles. The normalized spacial score (nSPS) is 23.1. The average molecular weight is 379 g/mol. The van der Waals surface area contributed by atoms with Gasteiger partial charge in [0.15, 0.2) is 5.78 Å². The summed E-state index contributed by atoms with van der Waals surface area (Å²) >= 11 is 0. The van der Waals surface area contributed by atoms with Gasteiger partial charge in [0.25, 0.3) is 0 Å². The maximum absolute atomic E-state index is 12.7. The molecule has 2 amide bonds. The van der Waals surface area contributed by atoms with Crippen molar-refractivity contribution in [2.75, 3.05) is 13.1 Å². The number of Topliss-reactive ketones (excluding diaryl/α,β-unsaturated/α-hetero) is 1. The molecule has 1 unspecified atom stereocenters. The largest absolute Gasteiger partial charge is 0.339 e. The van der Waals surface area contributed by atoms with Gasteiger partial charge in [0, 0.05) is 32.0 Å². The third-order valence-electron chi connectivity index (χ3n) is 6.50. The second kappa shape index (κ2) is 9.70. The minimum atomic E-state index is -0.219. The van der Waals surface area contributed by atoms with E-state index in [0.717, 1.165) is 57.9 Å². The number of ketones is 1. The molecule has 2 rings (SSSR count). The zero-order valence-electron chi connectivity index (χ0n) is 17.8. The van der Waals surface area contributed by atoms with Crippen molar-refractivity contribution in [2.24, 2.45) is 5.41 Å². The third-order valence-corrected chi connectivity index (χ3v) is 6.50. The summed E-state index contributed by atoms with van der Waals surface area (Å²) in [7, 11) is 0. The zero-order chi connectivity index (χ0) is 20.0. The van der Waals surface area contributed by atoms with Crippen molar-refractivity contribution >= 4 is 17.6 Å². The average Bonchev–Trinajstić information content (AvgIpc) is 3.29. The Balaban J connectivity index is 1.91. The van der Waals surface area contributed by atoms with Gasteiger partial charge in [0.05, 0.1) is 6.04 Å². The minimum absolute atomic E-state index is 0.0853. The molecule has 5 heteroatoms. The van der Waals surface area contributed by atoms with Crippen LogP contribution in [0.5, 0.6) is 0 Å². The lowest BCUT2D eigenvalue weighted by atomic mass is 9.78. The summed E-state index contributed by atoms with van der Waals surface area (Å²) in [4.78, 5) is 41.0. The summed E-state index contributed by atoms with van der Waals surface area (Å²) in [6.45, 7) is 9.67. The first-order chi connectivity index (χ1) is 12.8. The van der Waals surface area contributed by atoms with E-state index in [1.807, 2.05) is 0 Å². The Hall–Kier alpha value is -1.39. The minimum Gasteiger partial charge on any atom is -0.339 e. The molecule has 0 aliphatic carbocycles. The Kier molecular flexibility index (Phi) is 7.87. The highest BCUT2D eigenvalue weighted by Gasteiger charge is 2.40. The number of rotatable bonds is 9. The van der Waals surface area contributed by atoms with Crippen LogP contribution in [0, 0.1) is 5.41 Å². The molecule has 0 bridgehead atoms. The number of carbonyl (C=O) groups excluding carboxylic acids is 3. The van der Waals surface area contributed by atoms with Crippen molar-refractivity contribution in [2.45, 2.75) is 104 Å². The quantitative estimate of drug-likeness (QED) is 0.571. The van der Waals surface area contributed by atoms with Gasteiger partial charge in [-0.1, -0.05) is 33.6 Å². The second-order valence-corrected chi connectivity index (χ2v) is 9.05. The van der Waals surface area contributed by atoms with Crippen molar-refractivity contribution in [1.82, 2.24) is 9.80 Å². The Labute approximate surface area is 164 Å². The number of hydrogen-bond acceptors (Lipinski definition) is 3. The fourth-order valence-electron chi connectivity index (χ4n) is 4.77. The Morgan fingerprint density at radius 3 is 2.22 bits per heavy atom. The highest BCUT2D eigenvalue weighted by molar-refractivity contribution is 5.88. The van der Waals surface area contributed by atoms with Crippen LogP contribution in [0.2, 0.25) is 0 Å². The van der Waals surface area contributed by atoms with Gasteiger partial charge in [0.2, 0.25) is 11.8 Å². The van der Waals surface area contributed by atoms with Gasteiger partial charge in [-0.3, -0.25) is 14.4 Å². The van der Waals surface area contributed by atoms with Crippen LogP contribution in [0.4, 0.5) is 0 Å². The van der Waals surface area contributed by atoms with Crippen LogP contribution in [-0.2, 0) is 14.4 Å². The van der Waals surface area contributed by atoms with Gasteiger partial charge in [-0.2, -0.15) is 0 Å². The highest BCUT2D eigenvalue weighted by Crippen LogP contribution is 2.38. The molecule has 0 aromatic heterocycles. The van der Waals surface area contributed by atoms with Crippen molar-refractivity contribution in [3.63, 3.8) is 0 Å². The summed E-state index contributed by atoms with van der Waals surface area (Å²) in [5, 5.41) is 0. The molecule has 2 heterocycles. The molecule has 0 aromatic carbocycles. The van der Waals surface area contributed by atoms with E-state index in [-0.39, 0.29) is 35.1 Å². The van der Waals surface area contributed by atoms with E-state index in [4.69, 9.17) is 0 Å². The molecule has 2 fully saturated rings. The first-order valence-corrected chi connectivity index (χ1v) is 10.9. The van der Waals surface area contributed by atoms with E-state index < -0.39 is 0 Å². The van der Waals surface area contributed by atoms with Gasteiger partial charge < -0.3 is 9.80 Å². The molecule has 0 N–H and O–H groups in total. The lowest BCUT2D eigenvalue weighted by Crippen LogP contribution is -2.45. The van der Waals surface area contributed by atoms with Gasteiger partial charge in [-0.05, 0) is 50.9 Å². The van der Waals surface area contributed by atoms with Crippen LogP contribution in [-0.4, -0.2) is 52.6 Å². The topological polar surface area (TPSA) is 57.7 Å². The SMILES string of the molecule is CCCCCC(=O)N1CCCC1C(C)(C)CCC(=O)N1CCC[C@H]1C(C)=O. The maximum atomic E-state index is 12.7. The molecule has 0 aromatic rings. The van der Waals surface area contributed by atoms with Crippen molar-refractivity contribution in [1.29, 1.82) is 0 Å². The first-order valence-electron chi connectivity index (χ1n) is 10.9. The van der Waals surface area contributed by atoms with Crippen molar-refractivity contribution < 1.29 is 14.4 Å². The summed E-state index contributed by atoms with van der Waals surface area (Å²) in [5.41, 5.74) is -0.0853. The zero-order valence-corrected chi connectivity index (χ0v) is 17.8. The summed E-state index contributed by atoms with van der Waals surface area (Å²) in [6.07, 6.45) is 8.88. The van der Waals surface area contributed by atoms with Crippen LogP contribution in [0.25, 0.3) is 0 Å². The van der Waals surface area contributed by atoms with E-state index in [1.54, 1.807) is 11.8 Å². The first kappa shape index (κ1) is 21.9. The predicted octanol–water partition coefficient (Wildman–Crippen LogP) is 3.94. The number of likely N-dealkylation sites (tertiary alicyclic amines) is 2. The number of amides is 2. The monoisotopic (exact) mass is 378 g/mol. The van der Waals surface area contributed by atoms with Crippen molar-refractivity contribution in [3.8, 4) is 0 Å². The molecule has 154 valence electrons. The van der Waals surface area contributed by atoms with E-state index in [1.165, 1.54) is 0 Å². The maximum Gasteiger partial charge on any atom is 0.223 e. The lowest BCUT2D eigenvalue weighted by Gasteiger charge is -2.38. The fourth-order valence-corrected chi connectivity index (χ4v) is 4.77. The van der Waals surface area contributed by atoms with Crippen LogP contribution in [0.1, 0.15) is 91.9 Å². The predicted molar refractivity (Wildman–Crippen MR) is 107 cm³/mol. The Morgan fingerprint density at radius 2 is 1.56 bits per heavy atom.